The van der Waals surface area contributed by atoms with Crippen LogP contribution in [0.3, 0.4) is 0 Å². The zero-order chi connectivity index (χ0) is 25.2. The summed E-state index contributed by atoms with van der Waals surface area (Å²) in [7, 11) is -2.86. The van der Waals surface area contributed by atoms with Crippen LogP contribution in [0.4, 0.5) is 4.39 Å². The quantitative estimate of drug-likeness (QED) is 0.389. The van der Waals surface area contributed by atoms with Crippen molar-refractivity contribution in [2.75, 3.05) is 7.11 Å². The van der Waals surface area contributed by atoms with Gasteiger partial charge in [-0.15, -0.1) is 0 Å². The number of aryl methyl sites for hydroxylation is 1. The van der Waals surface area contributed by atoms with Crippen molar-refractivity contribution in [3.05, 3.63) is 111 Å². The van der Waals surface area contributed by atoms with Crippen LogP contribution in [0.2, 0.25) is 0 Å². The fourth-order valence-corrected chi connectivity index (χ4v) is 5.19. The molecule has 0 radical (unpaired) electrons. The molecule has 0 aliphatic carbocycles. The number of carbonyl (C=O) groups is 1. The largest absolute Gasteiger partial charge is 0.465 e. The van der Waals surface area contributed by atoms with Crippen LogP contribution in [0.5, 0.6) is 0 Å². The molecule has 180 valence electrons. The van der Waals surface area contributed by atoms with Crippen LogP contribution in [0.1, 0.15) is 27.0 Å². The van der Waals surface area contributed by atoms with E-state index in [4.69, 9.17) is 0 Å². The number of methoxy groups -OCH3 is 1. The number of carbonyl (C=O) groups excluding carboxylic acids is 1. The Morgan fingerprint density at radius 2 is 1.69 bits per heavy atom. The zero-order valence-electron chi connectivity index (χ0n) is 19.1. The van der Waals surface area contributed by atoms with Crippen LogP contribution in [0.15, 0.2) is 82.5 Å². The highest BCUT2D eigenvalue weighted by Crippen LogP contribution is 2.23. The maximum Gasteiger partial charge on any atom is 0.337 e. The van der Waals surface area contributed by atoms with Crippen molar-refractivity contribution >= 4 is 26.9 Å². The van der Waals surface area contributed by atoms with Gasteiger partial charge in [-0.2, -0.15) is 4.31 Å². The summed E-state index contributed by atoms with van der Waals surface area (Å²) in [5.74, 6) is -1.03. The summed E-state index contributed by atoms with van der Waals surface area (Å²) in [4.78, 5) is 27.4. The molecule has 1 aromatic heterocycles. The predicted octanol–water partition coefficient (Wildman–Crippen LogP) is 4.15. The molecule has 3 aromatic carbocycles. The standard InChI is InChI=1S/C26H23FN2O5S/c1-17-4-3-5-20-14-21(25(30)28-24(17)20)16-29(15-18-6-10-22(27)11-7-18)35(32,33)23-12-8-19(9-13-23)26(31)34-2/h3-14H,15-16H2,1-2H3,(H,28,30). The third-order valence-electron chi connectivity index (χ3n) is 5.70. The van der Waals surface area contributed by atoms with Crippen LogP contribution < -0.4 is 5.56 Å². The number of hydrogen-bond acceptors (Lipinski definition) is 5. The highest BCUT2D eigenvalue weighted by molar-refractivity contribution is 7.89. The number of aromatic nitrogens is 1. The van der Waals surface area contributed by atoms with E-state index in [1.165, 1.54) is 55.6 Å². The normalized spacial score (nSPS) is 11.7. The number of hydrogen-bond donors (Lipinski definition) is 1. The minimum atomic E-state index is -4.10. The van der Waals surface area contributed by atoms with Gasteiger partial charge in [-0.3, -0.25) is 4.79 Å². The summed E-state index contributed by atoms with van der Waals surface area (Å²) >= 11 is 0. The van der Waals surface area contributed by atoms with E-state index in [0.717, 1.165) is 15.3 Å². The fraction of sp³-hybridized carbons (Fsp3) is 0.154. The van der Waals surface area contributed by atoms with Crippen molar-refractivity contribution in [3.63, 3.8) is 0 Å². The number of nitrogens with one attached hydrogen (secondary N) is 1. The first-order chi connectivity index (χ1) is 16.7. The third kappa shape index (κ3) is 5.16. The molecule has 1 N–H and O–H groups in total. The third-order valence-corrected chi connectivity index (χ3v) is 7.50. The van der Waals surface area contributed by atoms with E-state index < -0.39 is 27.4 Å². The number of para-hydroxylation sites is 1. The predicted molar refractivity (Wildman–Crippen MR) is 130 cm³/mol. The average molecular weight is 495 g/mol. The van der Waals surface area contributed by atoms with Gasteiger partial charge in [0.1, 0.15) is 5.82 Å². The molecule has 0 fully saturated rings. The van der Waals surface area contributed by atoms with Crippen LogP contribution in [-0.4, -0.2) is 30.8 Å². The molecule has 0 atom stereocenters. The summed E-state index contributed by atoms with van der Waals surface area (Å²) in [5.41, 5.74) is 2.21. The summed E-state index contributed by atoms with van der Waals surface area (Å²) < 4.78 is 46.5. The fourth-order valence-electron chi connectivity index (χ4n) is 3.79. The van der Waals surface area contributed by atoms with Gasteiger partial charge in [-0.25, -0.2) is 17.6 Å². The number of ether oxygens (including phenoxy) is 1. The summed E-state index contributed by atoms with van der Waals surface area (Å²) in [5, 5.41) is 0.779. The molecule has 0 aliphatic rings. The number of esters is 1. The van der Waals surface area contributed by atoms with Crippen molar-refractivity contribution in [2.45, 2.75) is 24.9 Å². The van der Waals surface area contributed by atoms with Gasteiger partial charge in [0.05, 0.1) is 23.1 Å². The molecule has 0 amide bonds. The molecule has 4 aromatic rings. The number of fused-ring (bicyclic) bond motifs is 1. The Labute approximate surface area is 201 Å². The first-order valence-electron chi connectivity index (χ1n) is 10.7. The molecule has 0 unspecified atom stereocenters. The highest BCUT2D eigenvalue weighted by atomic mass is 32.2. The molecule has 0 saturated heterocycles. The monoisotopic (exact) mass is 494 g/mol. The van der Waals surface area contributed by atoms with Gasteiger partial charge < -0.3 is 9.72 Å². The van der Waals surface area contributed by atoms with Crippen LogP contribution in [0.25, 0.3) is 10.9 Å². The molecular weight excluding hydrogens is 471 g/mol. The van der Waals surface area contributed by atoms with Gasteiger partial charge in [0.2, 0.25) is 10.0 Å². The first kappa shape index (κ1) is 24.3. The lowest BCUT2D eigenvalue weighted by Crippen LogP contribution is -2.32. The second-order valence-electron chi connectivity index (χ2n) is 8.08. The summed E-state index contributed by atoms with van der Waals surface area (Å²) in [6, 6.07) is 18.1. The number of rotatable bonds is 7. The van der Waals surface area contributed by atoms with E-state index in [0.29, 0.717) is 11.1 Å². The first-order valence-corrected chi connectivity index (χ1v) is 12.2. The molecule has 0 spiro atoms. The lowest BCUT2D eigenvalue weighted by Gasteiger charge is -2.22. The van der Waals surface area contributed by atoms with Gasteiger partial charge in [0.25, 0.3) is 5.56 Å². The molecule has 1 heterocycles. The maximum absolute atomic E-state index is 13.6. The van der Waals surface area contributed by atoms with E-state index in [2.05, 4.69) is 9.72 Å². The number of nitrogens with zero attached hydrogens (tertiary/aromatic N) is 1. The van der Waals surface area contributed by atoms with E-state index in [1.54, 1.807) is 6.07 Å². The van der Waals surface area contributed by atoms with E-state index in [1.807, 2.05) is 25.1 Å². The van der Waals surface area contributed by atoms with Gasteiger partial charge in [-0.1, -0.05) is 30.3 Å². The number of aromatic amines is 1. The Kier molecular flexibility index (Phi) is 6.81. The molecule has 4 rings (SSSR count). The van der Waals surface area contributed by atoms with Crippen molar-refractivity contribution < 1.29 is 22.3 Å². The molecule has 0 bridgehead atoms. The smallest absolute Gasteiger partial charge is 0.337 e. The van der Waals surface area contributed by atoms with Gasteiger partial charge >= 0.3 is 5.97 Å². The summed E-state index contributed by atoms with van der Waals surface area (Å²) in [6.45, 7) is 1.57. The minimum Gasteiger partial charge on any atom is -0.465 e. The molecule has 35 heavy (non-hydrogen) atoms. The van der Waals surface area contributed by atoms with Gasteiger partial charge in [0.15, 0.2) is 0 Å². The summed E-state index contributed by atoms with van der Waals surface area (Å²) in [6.07, 6.45) is 0. The van der Waals surface area contributed by atoms with E-state index in [9.17, 15) is 22.4 Å². The van der Waals surface area contributed by atoms with E-state index in [-0.39, 0.29) is 29.1 Å². The topological polar surface area (TPSA) is 96.5 Å². The highest BCUT2D eigenvalue weighted by Gasteiger charge is 2.26. The van der Waals surface area contributed by atoms with Crippen molar-refractivity contribution in [1.29, 1.82) is 0 Å². The number of H-pyrrole nitrogens is 1. The Hall–Kier alpha value is -3.82. The molecule has 7 nitrogen and oxygen atoms in total. The van der Waals surface area contributed by atoms with Crippen LogP contribution >= 0.6 is 0 Å². The number of pyridine rings is 1. The van der Waals surface area contributed by atoms with Gasteiger partial charge in [-0.05, 0) is 65.9 Å². The lowest BCUT2D eigenvalue weighted by atomic mass is 10.1. The SMILES string of the molecule is COC(=O)c1ccc(S(=O)(=O)N(Cc2ccc(F)cc2)Cc2cc3cccc(C)c3[nH]c2=O)cc1. The Balaban J connectivity index is 1.76. The van der Waals surface area contributed by atoms with Gasteiger partial charge in [0, 0.05) is 18.7 Å². The Morgan fingerprint density at radius 3 is 2.34 bits per heavy atom. The minimum absolute atomic E-state index is 0.0553. The number of sulfonamides is 1. The second kappa shape index (κ2) is 9.81. The number of benzene rings is 3. The second-order valence-corrected chi connectivity index (χ2v) is 10.0. The van der Waals surface area contributed by atoms with Crippen molar-refractivity contribution in [2.24, 2.45) is 0 Å². The van der Waals surface area contributed by atoms with Crippen molar-refractivity contribution in [1.82, 2.24) is 9.29 Å². The molecule has 0 saturated carbocycles. The van der Waals surface area contributed by atoms with Crippen LogP contribution in [-0.2, 0) is 27.8 Å². The van der Waals surface area contributed by atoms with Crippen LogP contribution in [0, 0.1) is 12.7 Å². The van der Waals surface area contributed by atoms with Crippen molar-refractivity contribution in [3.8, 4) is 0 Å². The molecule has 0 aliphatic heterocycles. The molecule has 9 heteroatoms. The number of halogens is 1. The lowest BCUT2D eigenvalue weighted by molar-refractivity contribution is 0.0600. The average Bonchev–Trinajstić information content (AvgIpc) is 2.85. The Bertz CT molecular complexity index is 1550. The zero-order valence-corrected chi connectivity index (χ0v) is 19.9. The maximum atomic E-state index is 13.6. The Morgan fingerprint density at radius 1 is 1.00 bits per heavy atom. The molecular formula is C26H23FN2O5S. The van der Waals surface area contributed by atoms with E-state index >= 15 is 0 Å².